The molecule has 0 spiro atoms. The lowest BCUT2D eigenvalue weighted by Gasteiger charge is -2.13. The van der Waals surface area contributed by atoms with E-state index in [9.17, 15) is 9.90 Å². The SMILES string of the molecule is Cc1cccc2c1c(=O)oc1cc(O)cc(C(C)C)c12. The largest absolute Gasteiger partial charge is 0.508 e. The summed E-state index contributed by atoms with van der Waals surface area (Å²) in [5.41, 5.74) is 1.97. The third-order valence-corrected chi connectivity index (χ3v) is 3.69. The Morgan fingerprint density at radius 3 is 2.60 bits per heavy atom. The zero-order chi connectivity index (χ0) is 14.4. The maximum Gasteiger partial charge on any atom is 0.344 e. The number of aromatic hydroxyl groups is 1. The summed E-state index contributed by atoms with van der Waals surface area (Å²) in [5, 5.41) is 12.2. The molecule has 0 aliphatic rings. The van der Waals surface area contributed by atoms with Crippen molar-refractivity contribution >= 4 is 21.7 Å². The molecule has 0 unspecified atom stereocenters. The molecule has 3 heteroatoms. The van der Waals surface area contributed by atoms with E-state index in [1.807, 2.05) is 25.1 Å². The highest BCUT2D eigenvalue weighted by Crippen LogP contribution is 2.34. The summed E-state index contributed by atoms with van der Waals surface area (Å²) in [7, 11) is 0. The fourth-order valence-electron chi connectivity index (χ4n) is 2.74. The molecule has 0 fully saturated rings. The van der Waals surface area contributed by atoms with Crippen molar-refractivity contribution in [3.8, 4) is 5.75 Å². The van der Waals surface area contributed by atoms with Gasteiger partial charge in [0.25, 0.3) is 0 Å². The first-order valence-electron chi connectivity index (χ1n) is 6.68. The Labute approximate surface area is 116 Å². The molecule has 0 aliphatic carbocycles. The first kappa shape index (κ1) is 12.7. The van der Waals surface area contributed by atoms with Crippen LogP contribution in [0.15, 0.2) is 39.5 Å². The molecule has 0 saturated heterocycles. The molecule has 0 saturated carbocycles. The van der Waals surface area contributed by atoms with Crippen LogP contribution in [0, 0.1) is 6.92 Å². The first-order valence-corrected chi connectivity index (χ1v) is 6.68. The van der Waals surface area contributed by atoms with Crippen LogP contribution in [-0.2, 0) is 0 Å². The van der Waals surface area contributed by atoms with Gasteiger partial charge in [0, 0.05) is 16.8 Å². The van der Waals surface area contributed by atoms with Gasteiger partial charge in [0.1, 0.15) is 11.3 Å². The van der Waals surface area contributed by atoms with E-state index in [0.717, 1.165) is 21.9 Å². The van der Waals surface area contributed by atoms with Crippen LogP contribution in [0.1, 0.15) is 30.9 Å². The molecule has 20 heavy (non-hydrogen) atoms. The second-order valence-corrected chi connectivity index (χ2v) is 5.45. The van der Waals surface area contributed by atoms with Crippen molar-refractivity contribution < 1.29 is 9.52 Å². The van der Waals surface area contributed by atoms with E-state index in [1.54, 1.807) is 6.07 Å². The van der Waals surface area contributed by atoms with Gasteiger partial charge in [-0.05, 0) is 30.0 Å². The van der Waals surface area contributed by atoms with Crippen LogP contribution in [0.25, 0.3) is 21.7 Å². The highest BCUT2D eigenvalue weighted by atomic mass is 16.4. The molecule has 0 amide bonds. The van der Waals surface area contributed by atoms with Crippen LogP contribution < -0.4 is 5.63 Å². The van der Waals surface area contributed by atoms with Gasteiger partial charge in [0.05, 0.1) is 5.39 Å². The molecule has 0 aliphatic heterocycles. The lowest BCUT2D eigenvalue weighted by Crippen LogP contribution is -2.03. The number of fused-ring (bicyclic) bond motifs is 3. The third kappa shape index (κ3) is 1.78. The molecule has 2 aromatic carbocycles. The Bertz CT molecular complexity index is 873. The Balaban J connectivity index is 2.65. The molecule has 0 atom stereocenters. The van der Waals surface area contributed by atoms with Gasteiger partial charge in [-0.1, -0.05) is 32.0 Å². The van der Waals surface area contributed by atoms with Gasteiger partial charge in [-0.15, -0.1) is 0 Å². The van der Waals surface area contributed by atoms with Gasteiger partial charge in [0.15, 0.2) is 0 Å². The maximum atomic E-state index is 12.2. The number of hydrogen-bond acceptors (Lipinski definition) is 3. The van der Waals surface area contributed by atoms with E-state index in [-0.39, 0.29) is 17.3 Å². The summed E-state index contributed by atoms with van der Waals surface area (Å²) in [6.45, 7) is 6.02. The minimum atomic E-state index is -0.356. The minimum Gasteiger partial charge on any atom is -0.508 e. The summed E-state index contributed by atoms with van der Waals surface area (Å²) < 4.78 is 5.41. The lowest BCUT2D eigenvalue weighted by molar-refractivity contribution is 0.472. The van der Waals surface area contributed by atoms with E-state index < -0.39 is 0 Å². The highest BCUT2D eigenvalue weighted by molar-refractivity contribution is 6.07. The van der Waals surface area contributed by atoms with Crippen LogP contribution in [0.3, 0.4) is 0 Å². The Morgan fingerprint density at radius 2 is 1.90 bits per heavy atom. The smallest absolute Gasteiger partial charge is 0.344 e. The molecule has 3 aromatic rings. The van der Waals surface area contributed by atoms with Gasteiger partial charge in [-0.25, -0.2) is 4.79 Å². The zero-order valence-corrected chi connectivity index (χ0v) is 11.7. The summed E-state index contributed by atoms with van der Waals surface area (Å²) in [6, 6.07) is 9.03. The summed E-state index contributed by atoms with van der Waals surface area (Å²) >= 11 is 0. The molecule has 3 rings (SSSR count). The quantitative estimate of drug-likeness (QED) is 0.534. The van der Waals surface area contributed by atoms with E-state index in [2.05, 4.69) is 13.8 Å². The number of phenols is 1. The second kappa shape index (κ2) is 4.37. The Hall–Kier alpha value is -2.29. The molecule has 102 valence electrons. The fraction of sp³-hybridized carbons (Fsp3) is 0.235. The van der Waals surface area contributed by atoms with Crippen molar-refractivity contribution in [1.82, 2.24) is 0 Å². The minimum absolute atomic E-state index is 0.122. The number of phenolic OH excluding ortho intramolecular Hbond substituents is 1. The number of rotatable bonds is 1. The Morgan fingerprint density at radius 1 is 1.15 bits per heavy atom. The maximum absolute atomic E-state index is 12.2. The monoisotopic (exact) mass is 268 g/mol. The predicted molar refractivity (Wildman–Crippen MR) is 80.5 cm³/mol. The van der Waals surface area contributed by atoms with E-state index in [4.69, 9.17) is 4.42 Å². The number of aryl methyl sites for hydroxylation is 1. The first-order chi connectivity index (χ1) is 9.49. The van der Waals surface area contributed by atoms with Crippen molar-refractivity contribution in [2.45, 2.75) is 26.7 Å². The van der Waals surface area contributed by atoms with Crippen LogP contribution >= 0.6 is 0 Å². The van der Waals surface area contributed by atoms with Crippen LogP contribution in [0.5, 0.6) is 5.75 Å². The van der Waals surface area contributed by atoms with Crippen LogP contribution in [0.2, 0.25) is 0 Å². The summed E-state index contributed by atoms with van der Waals surface area (Å²) in [5.74, 6) is 0.345. The fourth-order valence-corrected chi connectivity index (χ4v) is 2.74. The molecule has 0 bridgehead atoms. The topological polar surface area (TPSA) is 50.4 Å². The van der Waals surface area contributed by atoms with Crippen LogP contribution in [-0.4, -0.2) is 5.11 Å². The standard InChI is InChI=1S/C17H16O3/c1-9(2)13-7-11(18)8-14-16(13)12-6-4-5-10(3)15(12)17(19)20-14/h4-9,18H,1-3H3. The van der Waals surface area contributed by atoms with Gasteiger partial charge >= 0.3 is 5.63 Å². The normalized spacial score (nSPS) is 11.6. The van der Waals surface area contributed by atoms with E-state index in [1.165, 1.54) is 6.07 Å². The molecule has 1 N–H and O–H groups in total. The van der Waals surface area contributed by atoms with Crippen molar-refractivity contribution in [3.63, 3.8) is 0 Å². The molecular weight excluding hydrogens is 252 g/mol. The summed E-state index contributed by atoms with van der Waals surface area (Å²) in [6.07, 6.45) is 0. The van der Waals surface area contributed by atoms with Gasteiger partial charge in [0.2, 0.25) is 0 Å². The van der Waals surface area contributed by atoms with Crippen molar-refractivity contribution in [3.05, 3.63) is 51.9 Å². The average molecular weight is 268 g/mol. The third-order valence-electron chi connectivity index (χ3n) is 3.69. The molecular formula is C17H16O3. The Kier molecular flexibility index (Phi) is 2.78. The molecule has 0 radical (unpaired) electrons. The zero-order valence-electron chi connectivity index (χ0n) is 11.7. The molecule has 3 nitrogen and oxygen atoms in total. The van der Waals surface area contributed by atoms with E-state index in [0.29, 0.717) is 11.0 Å². The number of benzene rings is 2. The summed E-state index contributed by atoms with van der Waals surface area (Å²) in [4.78, 5) is 12.2. The average Bonchev–Trinajstić information content (AvgIpc) is 2.37. The van der Waals surface area contributed by atoms with Gasteiger partial charge in [-0.2, -0.15) is 0 Å². The second-order valence-electron chi connectivity index (χ2n) is 5.45. The molecule has 1 heterocycles. The van der Waals surface area contributed by atoms with Crippen LogP contribution in [0.4, 0.5) is 0 Å². The van der Waals surface area contributed by atoms with Gasteiger partial charge < -0.3 is 9.52 Å². The van der Waals surface area contributed by atoms with E-state index >= 15 is 0 Å². The highest BCUT2D eigenvalue weighted by Gasteiger charge is 2.15. The van der Waals surface area contributed by atoms with Crippen molar-refractivity contribution in [2.75, 3.05) is 0 Å². The number of hydrogen-bond donors (Lipinski definition) is 1. The van der Waals surface area contributed by atoms with Crippen molar-refractivity contribution in [1.29, 1.82) is 0 Å². The van der Waals surface area contributed by atoms with Gasteiger partial charge in [-0.3, -0.25) is 0 Å². The predicted octanol–water partition coefficient (Wildman–Crippen LogP) is 4.08. The lowest BCUT2D eigenvalue weighted by atomic mass is 9.94. The van der Waals surface area contributed by atoms with Crippen molar-refractivity contribution in [2.24, 2.45) is 0 Å². The molecule has 1 aromatic heterocycles.